The minimum atomic E-state index is -4.78. The minimum absolute atomic E-state index is 0.0395. The number of nitriles is 1. The number of rotatable bonds is 10. The number of hydrogen-bond donors (Lipinski definition) is 1. The number of carbonyl (C=O) groups excluding carboxylic acids is 2. The number of fused-ring (bicyclic) bond motifs is 1. The molecule has 1 atom stereocenters. The third kappa shape index (κ3) is 8.29. The van der Waals surface area contributed by atoms with Gasteiger partial charge in [0.1, 0.15) is 29.3 Å². The van der Waals surface area contributed by atoms with Gasteiger partial charge in [-0.2, -0.15) is 18.4 Å². The first-order chi connectivity index (χ1) is 21.3. The molecule has 1 saturated heterocycles. The molecule has 1 fully saturated rings. The number of ether oxygens (including phenoxy) is 1. The highest BCUT2D eigenvalue weighted by molar-refractivity contribution is 6.01. The van der Waals surface area contributed by atoms with E-state index in [4.69, 9.17) is 4.74 Å². The number of nitrogens with one attached hydrogen (secondary N) is 1. The van der Waals surface area contributed by atoms with Gasteiger partial charge in [0.25, 0.3) is 0 Å². The molecular weight excluding hydrogens is 594 g/mol. The maximum absolute atomic E-state index is 14.4. The van der Waals surface area contributed by atoms with E-state index in [1.54, 1.807) is 17.0 Å². The summed E-state index contributed by atoms with van der Waals surface area (Å²) in [4.78, 5) is 36.8. The van der Waals surface area contributed by atoms with Crippen molar-refractivity contribution >= 4 is 29.0 Å². The highest BCUT2D eigenvalue weighted by Crippen LogP contribution is 2.36. The van der Waals surface area contributed by atoms with Gasteiger partial charge in [0.05, 0.1) is 23.0 Å². The Bertz CT molecular complexity index is 1470. The predicted octanol–water partition coefficient (Wildman–Crippen LogP) is 3.81. The van der Waals surface area contributed by atoms with Crippen LogP contribution < -0.4 is 15.1 Å². The summed E-state index contributed by atoms with van der Waals surface area (Å²) < 4.78 is 61.3. The Morgan fingerprint density at radius 2 is 1.98 bits per heavy atom. The van der Waals surface area contributed by atoms with Gasteiger partial charge in [0, 0.05) is 58.1 Å². The first-order valence-corrected chi connectivity index (χ1v) is 14.6. The zero-order valence-electron chi connectivity index (χ0n) is 25.7. The molecule has 2 aliphatic heterocycles. The highest BCUT2D eigenvalue weighted by Gasteiger charge is 2.37. The lowest BCUT2D eigenvalue weighted by molar-refractivity contribution is -0.139. The summed E-state index contributed by atoms with van der Waals surface area (Å²) >= 11 is 0. The number of nitrogens with zero attached hydrogens (tertiary/aromatic N) is 6. The van der Waals surface area contributed by atoms with Gasteiger partial charge < -0.3 is 29.7 Å². The second-order valence-electron chi connectivity index (χ2n) is 11.4. The second kappa shape index (κ2) is 14.3. The number of likely N-dealkylation sites (tertiary alicyclic amines) is 1. The van der Waals surface area contributed by atoms with Crippen LogP contribution in [0, 0.1) is 24.1 Å². The van der Waals surface area contributed by atoms with Crippen molar-refractivity contribution in [3.63, 3.8) is 0 Å². The lowest BCUT2D eigenvalue weighted by atomic mass is 10.0. The number of hydrogen-bond acceptors (Lipinski definition) is 8. The van der Waals surface area contributed by atoms with E-state index in [0.29, 0.717) is 50.6 Å². The number of alkyl halides is 3. The molecule has 0 saturated carbocycles. The van der Waals surface area contributed by atoms with Gasteiger partial charge in [0.2, 0.25) is 11.8 Å². The minimum Gasteiger partial charge on any atom is -0.374 e. The molecule has 1 aromatic carbocycles. The smallest absolute Gasteiger partial charge is 0.374 e. The van der Waals surface area contributed by atoms with Crippen LogP contribution in [0.2, 0.25) is 0 Å². The van der Waals surface area contributed by atoms with Gasteiger partial charge in [-0.3, -0.25) is 9.59 Å². The van der Waals surface area contributed by atoms with Crippen LogP contribution in [-0.2, 0) is 20.5 Å². The van der Waals surface area contributed by atoms with E-state index in [-0.39, 0.29) is 36.5 Å². The highest BCUT2D eigenvalue weighted by atomic mass is 19.4. The monoisotopic (exact) mass is 631 g/mol. The van der Waals surface area contributed by atoms with Gasteiger partial charge >= 0.3 is 6.18 Å². The van der Waals surface area contributed by atoms with Gasteiger partial charge in [-0.05, 0) is 58.1 Å². The molecular formula is C31H37F4N7O3. The zero-order valence-corrected chi connectivity index (χ0v) is 25.7. The molecule has 1 aromatic heterocycles. The van der Waals surface area contributed by atoms with E-state index in [1.807, 2.05) is 30.0 Å². The van der Waals surface area contributed by atoms with Gasteiger partial charge in [-0.15, -0.1) is 0 Å². The lowest BCUT2D eigenvalue weighted by Crippen LogP contribution is -2.54. The Morgan fingerprint density at radius 1 is 1.24 bits per heavy atom. The number of carbonyl (C=O) groups is 2. The van der Waals surface area contributed by atoms with E-state index in [2.05, 4.69) is 10.3 Å². The Kier molecular flexibility index (Phi) is 10.7. The first kappa shape index (κ1) is 33.7. The molecule has 4 rings (SSSR count). The summed E-state index contributed by atoms with van der Waals surface area (Å²) in [6.45, 7) is 4.14. The fourth-order valence-electron chi connectivity index (χ4n) is 5.26. The van der Waals surface area contributed by atoms with Gasteiger partial charge in [-0.1, -0.05) is 6.08 Å². The van der Waals surface area contributed by atoms with E-state index < -0.39 is 35.1 Å². The van der Waals surface area contributed by atoms with Crippen LogP contribution in [0.3, 0.4) is 0 Å². The number of amides is 2. The van der Waals surface area contributed by atoms with Crippen molar-refractivity contribution in [1.29, 1.82) is 5.26 Å². The average Bonchev–Trinajstić information content (AvgIpc) is 2.94. The molecule has 0 spiro atoms. The fourth-order valence-corrected chi connectivity index (χ4v) is 5.26. The Morgan fingerprint density at radius 3 is 2.64 bits per heavy atom. The summed E-state index contributed by atoms with van der Waals surface area (Å²) in [5.41, 5.74) is -0.854. The molecule has 242 valence electrons. The van der Waals surface area contributed by atoms with Gasteiger partial charge in [0.15, 0.2) is 0 Å². The predicted molar refractivity (Wildman–Crippen MR) is 161 cm³/mol. The van der Waals surface area contributed by atoms with Crippen LogP contribution in [0.1, 0.15) is 29.7 Å². The lowest BCUT2D eigenvalue weighted by Gasteiger charge is -2.38. The summed E-state index contributed by atoms with van der Waals surface area (Å²) in [6.07, 6.45) is -0.789. The molecule has 3 heterocycles. The normalized spacial score (nSPS) is 17.6. The summed E-state index contributed by atoms with van der Waals surface area (Å²) in [6, 6.07) is 5.43. The quantitative estimate of drug-likeness (QED) is 0.240. The number of aromatic nitrogens is 1. The summed E-state index contributed by atoms with van der Waals surface area (Å²) in [7, 11) is 5.35. The standard InChI is InChI=1S/C31H37F4N7O3/c1-20-15-24(31(33,34)35)23(17-36)29(37-20)38-25-10-13-41(27-16-21(32)8-9-26(27)40(4)30(25)44)12-6-14-45-22-18-42(19-22)28(43)7-5-11-39(2)3/h5,7-9,15-16,22,25H,6,10-14,18-19H2,1-4H3,(H,37,38)/b7-5+/t25-/m0/s1. The molecule has 0 unspecified atom stereocenters. The van der Waals surface area contributed by atoms with Crippen LogP contribution in [0.5, 0.6) is 0 Å². The summed E-state index contributed by atoms with van der Waals surface area (Å²) in [5.74, 6) is -1.33. The third-order valence-electron chi connectivity index (χ3n) is 7.65. The molecule has 0 radical (unpaired) electrons. The van der Waals surface area contributed by atoms with Crippen LogP contribution in [0.25, 0.3) is 0 Å². The number of pyridine rings is 1. The molecule has 1 N–H and O–H groups in total. The Balaban J connectivity index is 1.43. The van der Waals surface area contributed by atoms with E-state index in [0.717, 1.165) is 6.07 Å². The van der Waals surface area contributed by atoms with Crippen molar-refractivity contribution in [2.75, 3.05) is 75.6 Å². The SMILES string of the molecule is Cc1cc(C(F)(F)F)c(C#N)c(N[C@H]2CCN(CCCOC3CN(C(=O)/C=C/CN(C)C)C3)c3cc(F)ccc3N(C)C2=O)n1. The van der Waals surface area contributed by atoms with Crippen molar-refractivity contribution in [1.82, 2.24) is 14.8 Å². The molecule has 2 amide bonds. The van der Waals surface area contributed by atoms with Crippen LogP contribution in [0.15, 0.2) is 36.4 Å². The molecule has 45 heavy (non-hydrogen) atoms. The van der Waals surface area contributed by atoms with Crippen molar-refractivity contribution < 1.29 is 31.9 Å². The topological polar surface area (TPSA) is 105 Å². The molecule has 14 heteroatoms. The fraction of sp³-hybridized carbons (Fsp3) is 0.484. The Hall–Kier alpha value is -4.22. The van der Waals surface area contributed by atoms with E-state index in [9.17, 15) is 32.4 Å². The second-order valence-corrected chi connectivity index (χ2v) is 11.4. The molecule has 0 aliphatic carbocycles. The number of likely N-dealkylation sites (N-methyl/N-ethyl adjacent to an activating group) is 2. The van der Waals surface area contributed by atoms with Crippen LogP contribution >= 0.6 is 0 Å². The van der Waals surface area contributed by atoms with E-state index in [1.165, 1.54) is 37.1 Å². The molecule has 2 aliphatic rings. The third-order valence-corrected chi connectivity index (χ3v) is 7.65. The van der Waals surface area contributed by atoms with Crippen molar-refractivity contribution in [2.24, 2.45) is 0 Å². The van der Waals surface area contributed by atoms with Crippen molar-refractivity contribution in [3.8, 4) is 6.07 Å². The molecule has 10 nitrogen and oxygen atoms in total. The van der Waals surface area contributed by atoms with Crippen LogP contribution in [0.4, 0.5) is 34.8 Å². The first-order valence-electron chi connectivity index (χ1n) is 14.6. The van der Waals surface area contributed by atoms with Crippen LogP contribution in [-0.4, -0.2) is 99.2 Å². The largest absolute Gasteiger partial charge is 0.417 e. The number of benzene rings is 1. The maximum atomic E-state index is 14.4. The average molecular weight is 632 g/mol. The molecule has 0 bridgehead atoms. The van der Waals surface area contributed by atoms with Crippen molar-refractivity contribution in [3.05, 3.63) is 59.1 Å². The molecule has 2 aromatic rings. The van der Waals surface area contributed by atoms with Gasteiger partial charge in [-0.25, -0.2) is 9.37 Å². The summed E-state index contributed by atoms with van der Waals surface area (Å²) in [5, 5.41) is 12.4. The number of aryl methyl sites for hydroxylation is 1. The zero-order chi connectivity index (χ0) is 32.9. The number of anilines is 3. The Labute approximate surface area is 259 Å². The number of halogens is 4. The maximum Gasteiger partial charge on any atom is 0.417 e. The van der Waals surface area contributed by atoms with Crippen molar-refractivity contribution in [2.45, 2.75) is 38.1 Å². The van der Waals surface area contributed by atoms with E-state index >= 15 is 0 Å².